The summed E-state index contributed by atoms with van der Waals surface area (Å²) in [6, 6.07) is 1.95. The van der Waals surface area contributed by atoms with Crippen molar-refractivity contribution in [2.75, 3.05) is 4.72 Å². The first-order valence-corrected chi connectivity index (χ1v) is 10.1. The summed E-state index contributed by atoms with van der Waals surface area (Å²) in [6.07, 6.45) is 4.32. The first-order valence-electron chi connectivity index (χ1n) is 8.61. The van der Waals surface area contributed by atoms with Crippen LogP contribution in [-0.2, 0) is 10.0 Å². The van der Waals surface area contributed by atoms with E-state index < -0.39 is 51.5 Å². The minimum atomic E-state index is -4.54. The Morgan fingerprint density at radius 2 is 1.77 bits per heavy atom. The largest absolute Gasteiger partial charge is 0.415 e. The predicted octanol–water partition coefficient (Wildman–Crippen LogP) is 3.14. The number of pyridine rings is 1. The minimum Gasteiger partial charge on any atom is -0.415 e. The number of halogens is 5. The van der Waals surface area contributed by atoms with Crippen molar-refractivity contribution < 1.29 is 39.8 Å². The van der Waals surface area contributed by atoms with Crippen LogP contribution in [0.15, 0.2) is 29.6 Å². The molecule has 31 heavy (non-hydrogen) atoms. The first kappa shape index (κ1) is 21.0. The maximum atomic E-state index is 14.0. The molecule has 9 nitrogen and oxygen atoms in total. The number of nitrogens with zero attached hydrogens (tertiary/aromatic N) is 4. The molecule has 0 atom stereocenters. The van der Waals surface area contributed by atoms with Crippen LogP contribution < -0.4 is 14.2 Å². The highest BCUT2D eigenvalue weighted by atomic mass is 32.2. The smallest absolute Gasteiger partial charge is 0.388 e. The van der Waals surface area contributed by atoms with Crippen LogP contribution in [0.25, 0.3) is 5.78 Å². The van der Waals surface area contributed by atoms with E-state index >= 15 is 0 Å². The molecule has 3 aromatic rings. The molecule has 4 rings (SSSR count). The van der Waals surface area contributed by atoms with E-state index in [-0.39, 0.29) is 11.7 Å². The number of imidazole rings is 1. The molecule has 3 aromatic heterocycles. The topological polar surface area (TPSA) is 108 Å². The summed E-state index contributed by atoms with van der Waals surface area (Å²) in [4.78, 5) is 11.3. The molecule has 0 saturated heterocycles. The Balaban J connectivity index is 1.70. The summed E-state index contributed by atoms with van der Waals surface area (Å²) in [5.41, 5.74) is -0.111. The van der Waals surface area contributed by atoms with Gasteiger partial charge < -0.3 is 9.47 Å². The van der Waals surface area contributed by atoms with Crippen LogP contribution in [0, 0.1) is 5.82 Å². The summed E-state index contributed by atoms with van der Waals surface area (Å²) < 4.78 is 100. The van der Waals surface area contributed by atoms with E-state index in [1.807, 2.05) is 4.72 Å². The second-order valence-corrected chi connectivity index (χ2v) is 8.01. The minimum absolute atomic E-state index is 0.0822. The van der Waals surface area contributed by atoms with Crippen molar-refractivity contribution in [2.24, 2.45) is 0 Å². The highest BCUT2D eigenvalue weighted by Crippen LogP contribution is 2.39. The average molecular weight is 465 g/mol. The maximum absolute atomic E-state index is 14.0. The van der Waals surface area contributed by atoms with Crippen LogP contribution in [0.2, 0.25) is 0 Å². The van der Waals surface area contributed by atoms with E-state index in [9.17, 15) is 30.4 Å². The van der Waals surface area contributed by atoms with E-state index in [0.717, 1.165) is 29.1 Å². The van der Waals surface area contributed by atoms with E-state index in [1.54, 1.807) is 6.07 Å². The number of fused-ring (bicyclic) bond motifs is 1. The van der Waals surface area contributed by atoms with Crippen molar-refractivity contribution in [1.29, 1.82) is 0 Å². The zero-order valence-electron chi connectivity index (χ0n) is 15.2. The number of sulfonamides is 1. The van der Waals surface area contributed by atoms with E-state index in [2.05, 4.69) is 24.4 Å². The molecule has 1 aliphatic rings. The van der Waals surface area contributed by atoms with Crippen molar-refractivity contribution in [3.8, 4) is 11.8 Å². The molecule has 1 aliphatic carbocycles. The molecule has 0 radical (unpaired) electrons. The summed E-state index contributed by atoms with van der Waals surface area (Å²) in [5, 5.41) is -0.436. The zero-order valence-corrected chi connectivity index (χ0v) is 16.0. The third kappa shape index (κ3) is 4.45. The zero-order chi connectivity index (χ0) is 22.3. The van der Waals surface area contributed by atoms with Gasteiger partial charge in [-0.05, 0) is 18.9 Å². The highest BCUT2D eigenvalue weighted by Gasteiger charge is 2.28. The molecule has 15 heteroatoms. The molecule has 0 unspecified atom stereocenters. The van der Waals surface area contributed by atoms with Gasteiger partial charge >= 0.3 is 13.2 Å². The molecule has 1 fully saturated rings. The van der Waals surface area contributed by atoms with Gasteiger partial charge in [-0.3, -0.25) is 9.12 Å². The number of anilines is 1. The third-order valence-corrected chi connectivity index (χ3v) is 5.53. The van der Waals surface area contributed by atoms with Crippen molar-refractivity contribution in [3.05, 3.63) is 36.0 Å². The fourth-order valence-electron chi connectivity index (χ4n) is 2.74. The van der Waals surface area contributed by atoms with Crippen LogP contribution in [0.3, 0.4) is 0 Å². The molecule has 0 aliphatic heterocycles. The number of alkyl halides is 4. The predicted molar refractivity (Wildman–Crippen MR) is 93.2 cm³/mol. The SMILES string of the molecule is O=S(=O)(Nc1cc(F)c(OC(F)F)nc1OC(F)F)c1cnc2nc(C3CC3)ccn12. The van der Waals surface area contributed by atoms with Gasteiger partial charge in [-0.15, -0.1) is 0 Å². The lowest BCUT2D eigenvalue weighted by molar-refractivity contribution is -0.0616. The van der Waals surface area contributed by atoms with Gasteiger partial charge in [0, 0.05) is 23.9 Å². The quantitative estimate of drug-likeness (QED) is 0.509. The standard InChI is InChI=1S/C16H12F5N5O4S/c17-8-5-10(13(30-15(20)21)24-12(8)29-14(18)19)25-31(27,28)11-6-22-16-23-9(7-1-2-7)3-4-26(11)16/h3-7,14-15,25H,1-2H2. The highest BCUT2D eigenvalue weighted by molar-refractivity contribution is 7.92. The van der Waals surface area contributed by atoms with Crippen molar-refractivity contribution in [3.63, 3.8) is 0 Å². The van der Waals surface area contributed by atoms with Crippen LogP contribution in [-0.4, -0.2) is 41.0 Å². The first-order chi connectivity index (χ1) is 14.6. The lowest BCUT2D eigenvalue weighted by atomic mass is 10.3. The Morgan fingerprint density at radius 3 is 2.42 bits per heavy atom. The summed E-state index contributed by atoms with van der Waals surface area (Å²) >= 11 is 0. The molecule has 1 N–H and O–H groups in total. The van der Waals surface area contributed by atoms with Crippen molar-refractivity contribution in [2.45, 2.75) is 37.0 Å². The Labute approximate surface area is 170 Å². The van der Waals surface area contributed by atoms with Crippen LogP contribution in [0.1, 0.15) is 24.5 Å². The number of hydrogen-bond donors (Lipinski definition) is 1. The number of hydrogen-bond acceptors (Lipinski definition) is 7. The molecule has 0 spiro atoms. The Hall–Kier alpha value is -3.23. The van der Waals surface area contributed by atoms with Crippen molar-refractivity contribution >= 4 is 21.5 Å². The van der Waals surface area contributed by atoms with E-state index in [4.69, 9.17) is 0 Å². The van der Waals surface area contributed by atoms with Gasteiger partial charge in [0.05, 0.1) is 6.20 Å². The third-order valence-electron chi connectivity index (χ3n) is 4.19. The molecular formula is C16H12F5N5O4S. The molecule has 3 heterocycles. The van der Waals surface area contributed by atoms with Gasteiger partial charge in [0.25, 0.3) is 15.9 Å². The fraction of sp³-hybridized carbons (Fsp3) is 0.312. The second-order valence-electron chi connectivity index (χ2n) is 6.38. The summed E-state index contributed by atoms with van der Waals surface area (Å²) in [6.45, 7) is -7.02. The Morgan fingerprint density at radius 1 is 1.10 bits per heavy atom. The molecule has 1 saturated carbocycles. The van der Waals surface area contributed by atoms with Gasteiger partial charge in [-0.25, -0.2) is 14.4 Å². The average Bonchev–Trinajstić information content (AvgIpc) is 3.42. The monoisotopic (exact) mass is 465 g/mol. The molecule has 0 amide bonds. The number of ether oxygens (including phenoxy) is 2. The fourth-order valence-corrected chi connectivity index (χ4v) is 3.87. The molecule has 166 valence electrons. The summed E-state index contributed by atoms with van der Waals surface area (Å²) in [5.74, 6) is -3.68. The van der Waals surface area contributed by atoms with Crippen LogP contribution in [0.4, 0.5) is 27.6 Å². The van der Waals surface area contributed by atoms with E-state index in [1.165, 1.54) is 6.20 Å². The number of rotatable bonds is 8. The molecule has 0 bridgehead atoms. The number of aromatic nitrogens is 4. The number of nitrogens with one attached hydrogen (secondary N) is 1. The Bertz CT molecular complexity index is 1230. The molecular weight excluding hydrogens is 453 g/mol. The van der Waals surface area contributed by atoms with Gasteiger partial charge in [-0.1, -0.05) is 0 Å². The van der Waals surface area contributed by atoms with Crippen molar-refractivity contribution in [1.82, 2.24) is 19.4 Å². The van der Waals surface area contributed by atoms with E-state index in [0.29, 0.717) is 6.07 Å². The maximum Gasteiger partial charge on any atom is 0.388 e. The lowest BCUT2D eigenvalue weighted by Gasteiger charge is -2.14. The summed E-state index contributed by atoms with van der Waals surface area (Å²) in [7, 11) is -4.54. The van der Waals surface area contributed by atoms with Gasteiger partial charge in [0.1, 0.15) is 5.69 Å². The van der Waals surface area contributed by atoms with Gasteiger partial charge in [0.2, 0.25) is 11.7 Å². The van der Waals surface area contributed by atoms with Crippen LogP contribution in [0.5, 0.6) is 11.8 Å². The van der Waals surface area contributed by atoms with Crippen LogP contribution >= 0.6 is 0 Å². The second kappa shape index (κ2) is 7.79. The van der Waals surface area contributed by atoms with Gasteiger partial charge in [-0.2, -0.15) is 31.0 Å². The molecule has 0 aromatic carbocycles. The lowest BCUT2D eigenvalue weighted by Crippen LogP contribution is -2.18. The van der Waals surface area contributed by atoms with Gasteiger partial charge in [0.15, 0.2) is 10.8 Å². The normalized spacial score (nSPS) is 14.4. The Kier molecular flexibility index (Phi) is 5.28.